The largest absolute Gasteiger partial charge is 0.490 e. The molecule has 2 heterocycles. The van der Waals surface area contributed by atoms with E-state index in [0.717, 1.165) is 51.4 Å². The van der Waals surface area contributed by atoms with Crippen LogP contribution in [0.5, 0.6) is 5.75 Å². The van der Waals surface area contributed by atoms with Gasteiger partial charge in [0, 0.05) is 57.5 Å². The molecule has 0 radical (unpaired) electrons. The van der Waals surface area contributed by atoms with Crippen molar-refractivity contribution in [2.75, 3.05) is 38.7 Å². The summed E-state index contributed by atoms with van der Waals surface area (Å²) in [6.45, 7) is 6.03. The summed E-state index contributed by atoms with van der Waals surface area (Å²) in [6, 6.07) is 4.62. The predicted molar refractivity (Wildman–Crippen MR) is 175 cm³/mol. The molecule has 13 heteroatoms. The smallest absolute Gasteiger partial charge is 0.261 e. The fourth-order valence-electron chi connectivity index (χ4n) is 6.11. The molecule has 1 aliphatic heterocycles. The maximum absolute atomic E-state index is 14.3. The van der Waals surface area contributed by atoms with E-state index < -0.39 is 22.2 Å². The predicted octanol–water partition coefficient (Wildman–Crippen LogP) is 4.06. The van der Waals surface area contributed by atoms with Crippen LogP contribution in [-0.4, -0.2) is 95.7 Å². The SMILES string of the molecule is C[C@@H]1CCCCO[C@@H](CN(C)S(=O)(=O)c2cn(C)cn2)[C@H](C)CN([C@H](C)CO)C(=O)c2cc(NC(=O)C3CCCCC3)ccc2O1. The Kier molecular flexibility index (Phi) is 12.6. The number of aryl methyl sites for hydroxylation is 1. The van der Waals surface area contributed by atoms with Crippen LogP contribution in [0.15, 0.2) is 35.7 Å². The number of nitrogens with zero attached hydrogens (tertiary/aromatic N) is 4. The fourth-order valence-corrected chi connectivity index (χ4v) is 7.25. The fraction of sp³-hybridized carbons (Fsp3) is 0.667. The molecule has 2 aliphatic rings. The van der Waals surface area contributed by atoms with Crippen molar-refractivity contribution < 1.29 is 32.6 Å². The molecule has 1 aromatic carbocycles. The number of carbonyl (C=O) groups excluding carboxylic acids is 2. The second-order valence-electron chi connectivity index (χ2n) is 13.0. The Morgan fingerprint density at radius 1 is 1.15 bits per heavy atom. The second kappa shape index (κ2) is 16.2. The zero-order valence-corrected chi connectivity index (χ0v) is 28.7. The molecule has 46 heavy (non-hydrogen) atoms. The van der Waals surface area contributed by atoms with Crippen LogP contribution < -0.4 is 10.1 Å². The number of aliphatic hydroxyl groups is 1. The molecule has 2 N–H and O–H groups in total. The third-order valence-corrected chi connectivity index (χ3v) is 10.8. The van der Waals surface area contributed by atoms with Gasteiger partial charge in [0.2, 0.25) is 5.91 Å². The molecule has 0 unspecified atom stereocenters. The van der Waals surface area contributed by atoms with Crippen LogP contribution in [0.1, 0.15) is 82.5 Å². The quantitative estimate of drug-likeness (QED) is 0.432. The van der Waals surface area contributed by atoms with E-state index in [9.17, 15) is 23.1 Å². The Balaban J connectivity index is 1.63. The normalized spacial score (nSPS) is 23.3. The lowest BCUT2D eigenvalue weighted by atomic mass is 9.88. The number of likely N-dealkylation sites (N-methyl/N-ethyl adjacent to an activating group) is 1. The van der Waals surface area contributed by atoms with Crippen molar-refractivity contribution in [1.29, 1.82) is 0 Å². The van der Waals surface area contributed by atoms with Crippen molar-refractivity contribution in [2.24, 2.45) is 18.9 Å². The molecule has 0 saturated heterocycles. The van der Waals surface area contributed by atoms with Gasteiger partial charge >= 0.3 is 0 Å². The number of rotatable bonds is 8. The molecule has 12 nitrogen and oxygen atoms in total. The van der Waals surface area contributed by atoms with Gasteiger partial charge < -0.3 is 29.4 Å². The van der Waals surface area contributed by atoms with E-state index in [1.165, 1.54) is 23.9 Å². The van der Waals surface area contributed by atoms with Gasteiger partial charge in [-0.05, 0) is 64.2 Å². The van der Waals surface area contributed by atoms with Gasteiger partial charge in [-0.25, -0.2) is 13.4 Å². The zero-order valence-electron chi connectivity index (χ0n) is 27.9. The van der Waals surface area contributed by atoms with Crippen molar-refractivity contribution in [3.05, 3.63) is 36.3 Å². The maximum atomic E-state index is 14.3. The summed E-state index contributed by atoms with van der Waals surface area (Å²) in [5, 5.41) is 13.2. The van der Waals surface area contributed by atoms with E-state index in [-0.39, 0.29) is 54.5 Å². The van der Waals surface area contributed by atoms with Gasteiger partial charge in [0.25, 0.3) is 15.9 Å². The van der Waals surface area contributed by atoms with E-state index in [4.69, 9.17) is 9.47 Å². The number of anilines is 1. The Morgan fingerprint density at radius 3 is 2.54 bits per heavy atom. The summed E-state index contributed by atoms with van der Waals surface area (Å²) < 4.78 is 42.0. The number of carbonyl (C=O) groups is 2. The first kappa shape index (κ1) is 35.8. The number of aromatic nitrogens is 2. The van der Waals surface area contributed by atoms with E-state index in [1.54, 1.807) is 41.6 Å². The molecule has 4 rings (SSSR count). The summed E-state index contributed by atoms with van der Waals surface area (Å²) >= 11 is 0. The number of hydrogen-bond acceptors (Lipinski definition) is 8. The van der Waals surface area contributed by atoms with Gasteiger partial charge in [0.15, 0.2) is 5.03 Å². The standard InChI is InChI=1S/C33H51N5O7S/c1-23-18-38(24(2)21-39)33(41)28-17-27(35-32(40)26-12-7-6-8-13-26)14-15-29(28)45-25(3)11-9-10-16-44-30(23)19-37(5)46(42,43)31-20-36(4)22-34-31/h14-15,17,20,22-26,30,39H,6-13,16,18-19,21H2,1-5H3,(H,35,40)/t23-,24-,25-,30+/m1/s1. The van der Waals surface area contributed by atoms with Crippen LogP contribution in [0.3, 0.4) is 0 Å². The van der Waals surface area contributed by atoms with Crippen molar-refractivity contribution >= 4 is 27.5 Å². The number of hydrogen-bond donors (Lipinski definition) is 2. The van der Waals surface area contributed by atoms with E-state index in [1.807, 2.05) is 13.8 Å². The average molecular weight is 662 g/mol. The van der Waals surface area contributed by atoms with Gasteiger partial charge in [0.1, 0.15) is 5.75 Å². The van der Waals surface area contributed by atoms with Crippen LogP contribution in [0.4, 0.5) is 5.69 Å². The van der Waals surface area contributed by atoms with Crippen LogP contribution in [0, 0.1) is 11.8 Å². The molecule has 2 amide bonds. The number of imidazole rings is 1. The number of aliphatic hydroxyl groups excluding tert-OH is 1. The minimum atomic E-state index is -3.87. The van der Waals surface area contributed by atoms with Gasteiger partial charge in [-0.15, -0.1) is 0 Å². The minimum absolute atomic E-state index is 0.0405. The minimum Gasteiger partial charge on any atom is -0.490 e. The molecule has 0 spiro atoms. The highest BCUT2D eigenvalue weighted by molar-refractivity contribution is 7.89. The van der Waals surface area contributed by atoms with Crippen molar-refractivity contribution in [2.45, 2.75) is 95.4 Å². The highest BCUT2D eigenvalue weighted by Gasteiger charge is 2.33. The topological polar surface area (TPSA) is 143 Å². The Labute approximate surface area is 273 Å². The monoisotopic (exact) mass is 661 g/mol. The van der Waals surface area contributed by atoms with Crippen molar-refractivity contribution in [1.82, 2.24) is 18.8 Å². The molecule has 1 fully saturated rings. The first-order chi connectivity index (χ1) is 21.9. The summed E-state index contributed by atoms with van der Waals surface area (Å²) in [6.07, 6.45) is 9.40. The van der Waals surface area contributed by atoms with E-state index in [2.05, 4.69) is 10.3 Å². The van der Waals surface area contributed by atoms with Crippen molar-refractivity contribution in [3.8, 4) is 5.75 Å². The van der Waals surface area contributed by atoms with Gasteiger partial charge in [0.05, 0.1) is 36.7 Å². The first-order valence-corrected chi connectivity index (χ1v) is 17.9. The number of amides is 2. The van der Waals surface area contributed by atoms with Crippen LogP contribution in [0.2, 0.25) is 0 Å². The molecular formula is C33H51N5O7S. The average Bonchev–Trinajstić information content (AvgIpc) is 3.49. The molecule has 256 valence electrons. The molecule has 1 aliphatic carbocycles. The van der Waals surface area contributed by atoms with Gasteiger partial charge in [-0.2, -0.15) is 4.31 Å². The molecule has 1 aromatic heterocycles. The number of ether oxygens (including phenoxy) is 2. The highest BCUT2D eigenvalue weighted by atomic mass is 32.2. The van der Waals surface area contributed by atoms with E-state index >= 15 is 0 Å². The Morgan fingerprint density at radius 2 is 1.87 bits per heavy atom. The summed E-state index contributed by atoms with van der Waals surface area (Å²) in [7, 11) is -0.656. The number of nitrogens with one attached hydrogen (secondary N) is 1. The molecule has 2 aromatic rings. The highest BCUT2D eigenvalue weighted by Crippen LogP contribution is 2.30. The molecule has 0 bridgehead atoms. The van der Waals surface area contributed by atoms with E-state index in [0.29, 0.717) is 23.6 Å². The molecule has 1 saturated carbocycles. The number of sulfonamides is 1. The van der Waals surface area contributed by atoms with Gasteiger partial charge in [-0.3, -0.25) is 9.59 Å². The van der Waals surface area contributed by atoms with Gasteiger partial charge in [-0.1, -0.05) is 26.2 Å². The molecular weight excluding hydrogens is 610 g/mol. The van der Waals surface area contributed by atoms with Crippen molar-refractivity contribution in [3.63, 3.8) is 0 Å². The third-order valence-electron chi connectivity index (χ3n) is 9.09. The lowest BCUT2D eigenvalue weighted by Crippen LogP contribution is -2.48. The van der Waals surface area contributed by atoms with Crippen LogP contribution in [-0.2, 0) is 26.6 Å². The summed E-state index contributed by atoms with van der Waals surface area (Å²) in [5.74, 6) is -0.324. The Bertz CT molecular complexity index is 1430. The number of benzene rings is 1. The van der Waals surface area contributed by atoms with Crippen LogP contribution >= 0.6 is 0 Å². The summed E-state index contributed by atoms with van der Waals surface area (Å²) in [4.78, 5) is 33.0. The molecule has 4 atom stereocenters. The lowest BCUT2D eigenvalue weighted by molar-refractivity contribution is -0.120. The summed E-state index contributed by atoms with van der Waals surface area (Å²) in [5.41, 5.74) is 0.817. The Hall–Kier alpha value is -3.00. The lowest BCUT2D eigenvalue weighted by Gasteiger charge is -2.35. The van der Waals surface area contributed by atoms with Crippen LogP contribution in [0.25, 0.3) is 0 Å². The zero-order chi connectivity index (χ0) is 33.4. The maximum Gasteiger partial charge on any atom is 0.261 e. The number of fused-ring (bicyclic) bond motifs is 1. The second-order valence-corrected chi connectivity index (χ2v) is 15.0. The first-order valence-electron chi connectivity index (χ1n) is 16.5. The third kappa shape index (κ3) is 9.08.